The molecule has 1 aromatic carbocycles. The van der Waals surface area contributed by atoms with Crippen molar-refractivity contribution in [3.63, 3.8) is 0 Å². The van der Waals surface area contributed by atoms with Crippen molar-refractivity contribution in [2.24, 2.45) is 22.7 Å². The summed E-state index contributed by atoms with van der Waals surface area (Å²) in [5.41, 5.74) is -1.27. The Morgan fingerprint density at radius 2 is 1.83 bits per heavy atom. The van der Waals surface area contributed by atoms with Gasteiger partial charge in [0.1, 0.15) is 6.10 Å². The van der Waals surface area contributed by atoms with Gasteiger partial charge >= 0.3 is 5.97 Å². The molecule has 288 valence electrons. The van der Waals surface area contributed by atoms with E-state index in [2.05, 4.69) is 16.3 Å². The van der Waals surface area contributed by atoms with Gasteiger partial charge in [-0.15, -0.1) is 6.58 Å². The molecule has 1 saturated heterocycles. The van der Waals surface area contributed by atoms with E-state index in [1.54, 1.807) is 18.2 Å². The van der Waals surface area contributed by atoms with Gasteiger partial charge in [-0.1, -0.05) is 26.8 Å². The molecule has 2 aromatic rings. The van der Waals surface area contributed by atoms with Crippen molar-refractivity contribution in [2.75, 3.05) is 19.4 Å². The van der Waals surface area contributed by atoms with Crippen LogP contribution in [0.3, 0.4) is 0 Å². The zero-order valence-electron chi connectivity index (χ0n) is 30.8. The lowest BCUT2D eigenvalue weighted by molar-refractivity contribution is -0.153. The largest absolute Gasteiger partial charge is 0.472 e. The Hall–Kier alpha value is -3.85. The number of hydrogen-bond donors (Lipinski definition) is 1. The number of carbonyl (C=O) groups excluding carboxylic acids is 4. The number of aryl methyl sites for hydroxylation is 1. The van der Waals surface area contributed by atoms with Crippen LogP contribution in [0.25, 0.3) is 10.8 Å². The van der Waals surface area contributed by atoms with Gasteiger partial charge in [-0.2, -0.15) is 0 Å². The Morgan fingerprint density at radius 1 is 1.09 bits per heavy atom. The highest BCUT2D eigenvalue weighted by atomic mass is 32.2. The molecule has 15 heteroatoms. The lowest BCUT2D eigenvalue weighted by Gasteiger charge is -2.34. The maximum Gasteiger partial charge on any atom is 0.306 e. The average Bonchev–Trinajstić information content (AvgIpc) is 4.00. The van der Waals surface area contributed by atoms with E-state index in [1.165, 1.54) is 11.1 Å². The SMILES string of the molecule is C=C[C@H]1C[C@]1(CC(=O)[C@@H]1C[C@@H]2CN1C(=O)[C@H](C(C)(C)C)CC(=O)OCCCCCc1cc(S(C)(=O)=O)c3ccnc(c3c1)O2)C(=O)NS(=O)(=O)C1CC1. The maximum atomic E-state index is 14.6. The third kappa shape index (κ3) is 8.30. The summed E-state index contributed by atoms with van der Waals surface area (Å²) in [5, 5.41) is 0.292. The molecule has 2 aliphatic carbocycles. The lowest BCUT2D eigenvalue weighted by atomic mass is 9.77. The molecule has 0 unspecified atom stereocenters. The first-order valence-corrected chi connectivity index (χ1v) is 21.7. The van der Waals surface area contributed by atoms with Crippen LogP contribution in [0.4, 0.5) is 0 Å². The number of Topliss-reactive ketones (excluding diaryl/α,β-unsaturated/α-hetero) is 1. The molecule has 0 spiro atoms. The molecule has 1 N–H and O–H groups in total. The van der Waals surface area contributed by atoms with Gasteiger partial charge in [-0.05, 0) is 80.0 Å². The van der Waals surface area contributed by atoms with Crippen molar-refractivity contribution in [2.45, 2.75) is 107 Å². The summed E-state index contributed by atoms with van der Waals surface area (Å²) in [5.74, 6) is -3.31. The highest BCUT2D eigenvalue weighted by Gasteiger charge is 2.61. The summed E-state index contributed by atoms with van der Waals surface area (Å²) >= 11 is 0. The van der Waals surface area contributed by atoms with E-state index in [0.29, 0.717) is 42.9 Å². The molecule has 6 rings (SSSR count). The number of sulfone groups is 1. The summed E-state index contributed by atoms with van der Waals surface area (Å²) < 4.78 is 65.6. The van der Waals surface area contributed by atoms with Crippen LogP contribution in [-0.4, -0.2) is 87.1 Å². The van der Waals surface area contributed by atoms with Crippen molar-refractivity contribution >= 4 is 54.2 Å². The molecule has 13 nitrogen and oxygen atoms in total. The van der Waals surface area contributed by atoms with E-state index in [-0.39, 0.29) is 49.6 Å². The predicted octanol–water partition coefficient (Wildman–Crippen LogP) is 4.07. The fourth-order valence-electron chi connectivity index (χ4n) is 7.71. The number of ketones is 1. The van der Waals surface area contributed by atoms with Crippen molar-refractivity contribution < 1.29 is 45.5 Å². The number of carbonyl (C=O) groups is 4. The number of rotatable bonds is 8. The van der Waals surface area contributed by atoms with Crippen molar-refractivity contribution in [1.82, 2.24) is 14.6 Å². The molecular formula is C38H49N3O10S2. The Balaban J connectivity index is 1.37. The normalized spacial score (nSPS) is 27.4. The van der Waals surface area contributed by atoms with E-state index >= 15 is 0 Å². The second-order valence-corrected chi connectivity index (χ2v) is 20.2. The van der Waals surface area contributed by atoms with Gasteiger partial charge in [-0.25, -0.2) is 21.8 Å². The smallest absolute Gasteiger partial charge is 0.306 e. The van der Waals surface area contributed by atoms with E-state index in [0.717, 1.165) is 18.2 Å². The van der Waals surface area contributed by atoms with Gasteiger partial charge in [0.05, 0.1) is 47.1 Å². The van der Waals surface area contributed by atoms with Gasteiger partial charge in [0.2, 0.25) is 27.7 Å². The number of benzene rings is 1. The number of fused-ring (bicyclic) bond motifs is 3. The van der Waals surface area contributed by atoms with Crippen LogP contribution in [0.2, 0.25) is 0 Å². The number of sulfonamides is 1. The first kappa shape index (κ1) is 38.9. The summed E-state index contributed by atoms with van der Waals surface area (Å²) in [4.78, 5) is 61.6. The number of cyclic esters (lactones) is 1. The van der Waals surface area contributed by atoms with E-state index in [4.69, 9.17) is 9.47 Å². The minimum absolute atomic E-state index is 0.0272. The predicted molar refractivity (Wildman–Crippen MR) is 196 cm³/mol. The van der Waals surface area contributed by atoms with E-state index in [1.807, 2.05) is 26.8 Å². The monoisotopic (exact) mass is 771 g/mol. The Labute approximate surface area is 311 Å². The quantitative estimate of drug-likeness (QED) is 0.302. The minimum atomic E-state index is -3.88. The summed E-state index contributed by atoms with van der Waals surface area (Å²) in [6.07, 6.45) is 6.62. The summed E-state index contributed by atoms with van der Waals surface area (Å²) in [6, 6.07) is 4.07. The molecule has 4 aliphatic rings. The zero-order valence-corrected chi connectivity index (χ0v) is 32.4. The van der Waals surface area contributed by atoms with E-state index in [9.17, 15) is 36.0 Å². The highest BCUT2D eigenvalue weighted by Crippen LogP contribution is 2.57. The molecule has 2 amide bonds. The number of allylic oxidation sites excluding steroid dienone is 1. The van der Waals surface area contributed by atoms with Crippen LogP contribution in [-0.2, 0) is 50.2 Å². The minimum Gasteiger partial charge on any atom is -0.472 e. The van der Waals surface area contributed by atoms with Crippen LogP contribution in [0.15, 0.2) is 41.9 Å². The fourth-order valence-corrected chi connectivity index (χ4v) is 10.0. The Kier molecular flexibility index (Phi) is 10.6. The molecule has 3 heterocycles. The molecule has 2 aliphatic heterocycles. The van der Waals surface area contributed by atoms with Gasteiger partial charge in [0.15, 0.2) is 15.6 Å². The molecular weight excluding hydrogens is 723 g/mol. The third-order valence-electron chi connectivity index (χ3n) is 11.1. The second kappa shape index (κ2) is 14.4. The van der Waals surface area contributed by atoms with Gasteiger partial charge in [0.25, 0.3) is 0 Å². The molecule has 5 atom stereocenters. The number of hydrogen-bond acceptors (Lipinski definition) is 11. The zero-order chi connectivity index (χ0) is 38.5. The number of esters is 1. The van der Waals surface area contributed by atoms with Gasteiger partial charge in [0, 0.05) is 36.1 Å². The standard InChI is InChI=1S/C38H49N3O10S2/c1-6-24-20-38(24,36(45)40-53(48,49)26-11-12-26)21-31(42)30-18-25-22-41(30)35(44)29(37(2,3)4)19-33(43)50-15-9-7-8-10-23-16-28-27(13-14-39-34(28)51-25)32(17-23)52(5,46)47/h6,13-14,16-17,24-26,29-30H,1,7-12,15,18-22H2,2-5H3,(H,40,45)/t24-,25+,29+,30-,38+/m0/s1. The lowest BCUT2D eigenvalue weighted by Crippen LogP contribution is -2.48. The summed E-state index contributed by atoms with van der Waals surface area (Å²) in [7, 11) is -7.53. The topological polar surface area (TPSA) is 183 Å². The molecule has 3 fully saturated rings. The van der Waals surface area contributed by atoms with Crippen LogP contribution >= 0.6 is 0 Å². The number of nitrogens with zero attached hydrogens (tertiary/aromatic N) is 2. The fraction of sp³-hybridized carbons (Fsp3) is 0.605. The first-order chi connectivity index (χ1) is 24.8. The van der Waals surface area contributed by atoms with Crippen molar-refractivity contribution in [3.8, 4) is 5.88 Å². The molecule has 53 heavy (non-hydrogen) atoms. The Morgan fingerprint density at radius 3 is 2.47 bits per heavy atom. The number of ether oxygens (including phenoxy) is 2. The highest BCUT2D eigenvalue weighted by molar-refractivity contribution is 7.91. The van der Waals surface area contributed by atoms with Crippen molar-refractivity contribution in [3.05, 3.63) is 42.6 Å². The molecule has 1 aromatic heterocycles. The number of amides is 2. The molecule has 4 bridgehead atoms. The Bertz CT molecular complexity index is 2050. The molecule has 0 radical (unpaired) electrons. The van der Waals surface area contributed by atoms with Crippen LogP contribution in [0.1, 0.15) is 84.1 Å². The molecule has 2 saturated carbocycles. The third-order valence-corrected chi connectivity index (χ3v) is 14.1. The number of aromatic nitrogens is 1. The average molecular weight is 772 g/mol. The number of nitrogens with one attached hydrogen (secondary N) is 1. The van der Waals surface area contributed by atoms with Crippen LogP contribution in [0.5, 0.6) is 5.88 Å². The first-order valence-electron chi connectivity index (χ1n) is 18.3. The van der Waals surface area contributed by atoms with E-state index < -0.39 is 83.5 Å². The van der Waals surface area contributed by atoms with Crippen LogP contribution < -0.4 is 9.46 Å². The van der Waals surface area contributed by atoms with Crippen LogP contribution in [0, 0.1) is 22.7 Å². The number of pyridine rings is 1. The van der Waals surface area contributed by atoms with Gasteiger partial charge in [-0.3, -0.25) is 23.9 Å². The van der Waals surface area contributed by atoms with Crippen molar-refractivity contribution in [1.29, 1.82) is 0 Å². The summed E-state index contributed by atoms with van der Waals surface area (Å²) in [6.45, 7) is 9.43. The second-order valence-electron chi connectivity index (χ2n) is 16.2. The maximum absolute atomic E-state index is 14.6. The van der Waals surface area contributed by atoms with Gasteiger partial charge < -0.3 is 14.4 Å².